The monoisotopic (exact) mass is 286 g/mol. The Morgan fingerprint density at radius 1 is 1.47 bits per heavy atom. The van der Waals surface area contributed by atoms with E-state index in [-0.39, 0.29) is 17.8 Å². The van der Waals surface area contributed by atoms with Gasteiger partial charge in [0.2, 0.25) is 0 Å². The van der Waals surface area contributed by atoms with Crippen LogP contribution in [0.2, 0.25) is 0 Å². The zero-order valence-electron chi connectivity index (χ0n) is 10.6. The Morgan fingerprint density at radius 3 is 2.89 bits per heavy atom. The molecule has 1 heterocycles. The Labute approximate surface area is 116 Å². The van der Waals surface area contributed by atoms with Crippen LogP contribution in [0, 0.1) is 11.6 Å². The van der Waals surface area contributed by atoms with Crippen molar-refractivity contribution in [1.29, 1.82) is 0 Å². The molecule has 19 heavy (non-hydrogen) atoms. The van der Waals surface area contributed by atoms with Gasteiger partial charge in [0.1, 0.15) is 11.6 Å². The third kappa shape index (κ3) is 3.84. The number of nitrogens with one attached hydrogen (secondary N) is 2. The van der Waals surface area contributed by atoms with E-state index in [0.717, 1.165) is 25.5 Å². The summed E-state index contributed by atoms with van der Waals surface area (Å²) in [7, 11) is 0. The lowest BCUT2D eigenvalue weighted by molar-refractivity contribution is 0.0895. The fraction of sp³-hybridized carbons (Fsp3) is 0.462. The minimum atomic E-state index is -0.672. The number of rotatable bonds is 3. The van der Waals surface area contributed by atoms with Crippen LogP contribution in [0.3, 0.4) is 0 Å². The van der Waals surface area contributed by atoms with Crippen LogP contribution in [0.1, 0.15) is 19.8 Å². The summed E-state index contributed by atoms with van der Waals surface area (Å²) in [6, 6.07) is 3.35. The first kappa shape index (κ1) is 14.1. The summed E-state index contributed by atoms with van der Waals surface area (Å²) in [6.45, 7) is 2.73. The van der Waals surface area contributed by atoms with Crippen LogP contribution in [-0.2, 0) is 4.74 Å². The first-order valence-corrected chi connectivity index (χ1v) is 6.61. The van der Waals surface area contributed by atoms with E-state index in [4.69, 9.17) is 17.0 Å². The molecule has 6 heteroatoms. The maximum absolute atomic E-state index is 13.4. The second kappa shape index (κ2) is 6.25. The lowest BCUT2D eigenvalue weighted by Crippen LogP contribution is -2.42. The van der Waals surface area contributed by atoms with Gasteiger partial charge in [-0.3, -0.25) is 0 Å². The molecule has 0 bridgehead atoms. The van der Waals surface area contributed by atoms with Gasteiger partial charge in [-0.05, 0) is 44.1 Å². The van der Waals surface area contributed by atoms with Crippen molar-refractivity contribution >= 4 is 23.0 Å². The molecule has 0 aliphatic carbocycles. The summed E-state index contributed by atoms with van der Waals surface area (Å²) < 4.78 is 31.7. The van der Waals surface area contributed by atoms with Crippen LogP contribution >= 0.6 is 12.2 Å². The number of benzene rings is 1. The van der Waals surface area contributed by atoms with E-state index in [1.54, 1.807) is 0 Å². The summed E-state index contributed by atoms with van der Waals surface area (Å²) in [6.07, 6.45) is 2.16. The van der Waals surface area contributed by atoms with Crippen molar-refractivity contribution in [2.24, 2.45) is 0 Å². The average Bonchev–Trinajstić information content (AvgIpc) is 2.86. The number of hydrogen-bond donors (Lipinski definition) is 2. The van der Waals surface area contributed by atoms with Crippen LogP contribution in [-0.4, -0.2) is 23.9 Å². The summed E-state index contributed by atoms with van der Waals surface area (Å²) in [4.78, 5) is 0. The third-order valence-corrected chi connectivity index (χ3v) is 3.28. The van der Waals surface area contributed by atoms with Gasteiger partial charge in [0.05, 0.1) is 17.8 Å². The quantitative estimate of drug-likeness (QED) is 0.837. The Morgan fingerprint density at radius 2 is 2.26 bits per heavy atom. The second-order valence-electron chi connectivity index (χ2n) is 4.56. The molecule has 1 fully saturated rings. The van der Waals surface area contributed by atoms with Gasteiger partial charge in [-0.15, -0.1) is 0 Å². The average molecular weight is 286 g/mol. The van der Waals surface area contributed by atoms with Gasteiger partial charge in [-0.1, -0.05) is 0 Å². The molecule has 104 valence electrons. The molecular formula is C13H16F2N2OS. The highest BCUT2D eigenvalue weighted by Crippen LogP contribution is 2.17. The molecule has 2 N–H and O–H groups in total. The van der Waals surface area contributed by atoms with Crippen LogP contribution in [0.15, 0.2) is 18.2 Å². The lowest BCUT2D eigenvalue weighted by atomic mass is 10.1. The fourth-order valence-electron chi connectivity index (χ4n) is 2.05. The summed E-state index contributed by atoms with van der Waals surface area (Å²) in [5.41, 5.74) is 0.151. The van der Waals surface area contributed by atoms with Crippen molar-refractivity contribution in [2.75, 3.05) is 11.9 Å². The van der Waals surface area contributed by atoms with Crippen molar-refractivity contribution in [3.8, 4) is 0 Å². The highest BCUT2D eigenvalue weighted by Gasteiger charge is 2.22. The lowest BCUT2D eigenvalue weighted by Gasteiger charge is -2.22. The SMILES string of the molecule is CC(NC(=S)Nc1ccc(F)cc1F)C1CCCO1. The Hall–Kier alpha value is -1.27. The largest absolute Gasteiger partial charge is 0.376 e. The number of anilines is 1. The molecule has 1 aliphatic heterocycles. The van der Waals surface area contributed by atoms with Gasteiger partial charge in [-0.25, -0.2) is 8.78 Å². The molecular weight excluding hydrogens is 270 g/mol. The second-order valence-corrected chi connectivity index (χ2v) is 4.97. The predicted octanol–water partition coefficient (Wildman–Crippen LogP) is 2.82. The maximum Gasteiger partial charge on any atom is 0.171 e. The van der Waals surface area contributed by atoms with Crippen LogP contribution < -0.4 is 10.6 Å². The van der Waals surface area contributed by atoms with E-state index < -0.39 is 11.6 Å². The minimum absolute atomic E-state index is 0.0472. The smallest absolute Gasteiger partial charge is 0.171 e. The fourth-order valence-corrected chi connectivity index (χ4v) is 2.34. The van der Waals surface area contributed by atoms with Crippen LogP contribution in [0.5, 0.6) is 0 Å². The van der Waals surface area contributed by atoms with Gasteiger partial charge in [-0.2, -0.15) is 0 Å². The van der Waals surface area contributed by atoms with Crippen molar-refractivity contribution < 1.29 is 13.5 Å². The van der Waals surface area contributed by atoms with Gasteiger partial charge in [0, 0.05) is 12.7 Å². The van der Waals surface area contributed by atoms with E-state index in [9.17, 15) is 8.78 Å². The summed E-state index contributed by atoms with van der Waals surface area (Å²) >= 11 is 5.10. The van der Waals surface area contributed by atoms with Crippen molar-refractivity contribution in [3.05, 3.63) is 29.8 Å². The van der Waals surface area contributed by atoms with E-state index >= 15 is 0 Å². The number of halogens is 2. The molecule has 1 aromatic rings. The zero-order chi connectivity index (χ0) is 13.8. The van der Waals surface area contributed by atoms with Crippen molar-refractivity contribution in [1.82, 2.24) is 5.32 Å². The normalized spacial score (nSPS) is 20.1. The number of hydrogen-bond acceptors (Lipinski definition) is 2. The highest BCUT2D eigenvalue weighted by atomic mass is 32.1. The van der Waals surface area contributed by atoms with Gasteiger partial charge in [0.25, 0.3) is 0 Å². The van der Waals surface area contributed by atoms with Gasteiger partial charge in [0.15, 0.2) is 5.11 Å². The topological polar surface area (TPSA) is 33.3 Å². The number of ether oxygens (including phenoxy) is 1. The zero-order valence-corrected chi connectivity index (χ0v) is 11.4. The molecule has 0 amide bonds. The number of thiocarbonyl (C=S) groups is 1. The van der Waals surface area contributed by atoms with Crippen LogP contribution in [0.4, 0.5) is 14.5 Å². The van der Waals surface area contributed by atoms with Gasteiger partial charge < -0.3 is 15.4 Å². The maximum atomic E-state index is 13.4. The predicted molar refractivity (Wildman–Crippen MR) is 74.2 cm³/mol. The van der Waals surface area contributed by atoms with Crippen molar-refractivity contribution in [3.63, 3.8) is 0 Å². The minimum Gasteiger partial charge on any atom is -0.376 e. The summed E-state index contributed by atoms with van der Waals surface area (Å²) in [5.74, 6) is -1.29. The van der Waals surface area contributed by atoms with E-state index in [1.165, 1.54) is 12.1 Å². The molecule has 1 aromatic carbocycles. The molecule has 2 rings (SSSR count). The first-order chi connectivity index (χ1) is 9.06. The highest BCUT2D eigenvalue weighted by molar-refractivity contribution is 7.80. The molecule has 1 saturated heterocycles. The molecule has 0 saturated carbocycles. The Bertz CT molecular complexity index is 464. The van der Waals surface area contributed by atoms with Crippen molar-refractivity contribution in [2.45, 2.75) is 31.9 Å². The van der Waals surface area contributed by atoms with E-state index in [2.05, 4.69) is 10.6 Å². The molecule has 2 unspecified atom stereocenters. The van der Waals surface area contributed by atoms with Crippen LogP contribution in [0.25, 0.3) is 0 Å². The molecule has 2 atom stereocenters. The van der Waals surface area contributed by atoms with E-state index in [0.29, 0.717) is 5.11 Å². The molecule has 0 radical (unpaired) electrons. The molecule has 0 aromatic heterocycles. The van der Waals surface area contributed by atoms with Gasteiger partial charge >= 0.3 is 0 Å². The summed E-state index contributed by atoms with van der Waals surface area (Å²) in [5, 5.41) is 6.06. The Kier molecular flexibility index (Phi) is 4.66. The third-order valence-electron chi connectivity index (χ3n) is 3.06. The standard InChI is InChI=1S/C13H16F2N2OS/c1-8(12-3-2-6-18-12)16-13(19)17-11-5-4-9(14)7-10(11)15/h4-5,7-8,12H,2-3,6H2,1H3,(H2,16,17,19). The van der Waals surface area contributed by atoms with E-state index in [1.807, 2.05) is 6.92 Å². The molecule has 1 aliphatic rings. The molecule has 3 nitrogen and oxygen atoms in total. The Balaban J connectivity index is 1.89. The molecule has 0 spiro atoms. The first-order valence-electron chi connectivity index (χ1n) is 6.20.